The minimum atomic E-state index is -0.471. The Morgan fingerprint density at radius 3 is 2.21 bits per heavy atom. The highest BCUT2D eigenvalue weighted by molar-refractivity contribution is 5.41. The molecule has 1 aromatic rings. The second-order valence-electron chi connectivity index (χ2n) is 9.24. The number of unbranched alkanes of at least 4 members (excludes halogenated alkanes) is 3. The summed E-state index contributed by atoms with van der Waals surface area (Å²) in [6, 6.07) is 6.26. The molecule has 0 spiro atoms. The lowest BCUT2D eigenvalue weighted by Gasteiger charge is -2.50. The van der Waals surface area contributed by atoms with Gasteiger partial charge in [-0.25, -0.2) is 0 Å². The predicted molar refractivity (Wildman–Crippen MR) is 129 cm³/mol. The van der Waals surface area contributed by atoms with E-state index in [4.69, 9.17) is 28.4 Å². The van der Waals surface area contributed by atoms with Gasteiger partial charge in [-0.2, -0.15) is 0 Å². The van der Waals surface area contributed by atoms with Crippen molar-refractivity contribution in [2.75, 3.05) is 33.5 Å². The molecule has 0 radical (unpaired) electrons. The number of rotatable bonds is 14. The summed E-state index contributed by atoms with van der Waals surface area (Å²) < 4.78 is 38.0. The molecule has 0 saturated carbocycles. The summed E-state index contributed by atoms with van der Waals surface area (Å²) in [7, 11) is 1.76. The second kappa shape index (κ2) is 13.6. The van der Waals surface area contributed by atoms with Crippen molar-refractivity contribution in [3.05, 3.63) is 29.3 Å². The molecule has 188 valence electrons. The van der Waals surface area contributed by atoms with Gasteiger partial charge in [0, 0.05) is 32.5 Å². The Balaban J connectivity index is 1.90. The fraction of sp³-hybridized carbons (Fsp3) is 0.778. The molecule has 1 aromatic carbocycles. The minimum Gasteiger partial charge on any atom is -0.464 e. The molecule has 1 saturated heterocycles. The van der Waals surface area contributed by atoms with E-state index < -0.39 is 6.29 Å². The number of methoxy groups -OCH3 is 1. The fourth-order valence-electron chi connectivity index (χ4n) is 4.66. The highest BCUT2D eigenvalue weighted by Gasteiger charge is 2.54. The van der Waals surface area contributed by atoms with Gasteiger partial charge < -0.3 is 28.4 Å². The molecule has 33 heavy (non-hydrogen) atoms. The zero-order valence-electron chi connectivity index (χ0n) is 21.2. The van der Waals surface area contributed by atoms with Crippen molar-refractivity contribution in [2.24, 2.45) is 5.92 Å². The first kappa shape index (κ1) is 26.4. The number of aryl methyl sites for hydroxylation is 1. The SMILES string of the molecule is CCCCOC[C@H]1O[C@@H]2Oc3cc(C)ccc3[C@H](OC)[C@@H]2[C@@H](OCCCC)[C@H]1OCCCC. The smallest absolute Gasteiger partial charge is 0.208 e. The summed E-state index contributed by atoms with van der Waals surface area (Å²) in [4.78, 5) is 0. The van der Waals surface area contributed by atoms with Gasteiger partial charge in [0.2, 0.25) is 6.29 Å². The van der Waals surface area contributed by atoms with E-state index in [0.29, 0.717) is 19.8 Å². The first-order valence-corrected chi connectivity index (χ1v) is 12.9. The lowest BCUT2D eigenvalue weighted by atomic mass is 9.81. The maximum atomic E-state index is 6.55. The second-order valence-corrected chi connectivity index (χ2v) is 9.24. The Kier molecular flexibility index (Phi) is 10.9. The van der Waals surface area contributed by atoms with E-state index >= 15 is 0 Å². The number of benzene rings is 1. The van der Waals surface area contributed by atoms with E-state index in [9.17, 15) is 0 Å². The van der Waals surface area contributed by atoms with Crippen molar-refractivity contribution < 1.29 is 28.4 Å². The summed E-state index contributed by atoms with van der Waals surface area (Å²) in [6.07, 6.45) is 4.95. The van der Waals surface area contributed by atoms with Gasteiger partial charge in [0.15, 0.2) is 0 Å². The normalized spacial score (nSPS) is 28.8. The van der Waals surface area contributed by atoms with Gasteiger partial charge >= 0.3 is 0 Å². The first-order chi connectivity index (χ1) is 16.1. The van der Waals surface area contributed by atoms with Gasteiger partial charge in [-0.3, -0.25) is 0 Å². The van der Waals surface area contributed by atoms with Crippen molar-refractivity contribution in [1.82, 2.24) is 0 Å². The Bertz CT molecular complexity index is 695. The summed E-state index contributed by atoms with van der Waals surface area (Å²) >= 11 is 0. The lowest BCUT2D eigenvalue weighted by Crippen LogP contribution is -2.62. The van der Waals surface area contributed by atoms with E-state index in [-0.39, 0.29) is 30.3 Å². The van der Waals surface area contributed by atoms with Crippen LogP contribution in [0.5, 0.6) is 5.75 Å². The molecule has 6 nitrogen and oxygen atoms in total. The van der Waals surface area contributed by atoms with Crippen LogP contribution in [-0.2, 0) is 23.7 Å². The predicted octanol–water partition coefficient (Wildman–Crippen LogP) is 5.60. The molecule has 0 aliphatic carbocycles. The molecule has 1 fully saturated rings. The van der Waals surface area contributed by atoms with E-state index in [1.54, 1.807) is 7.11 Å². The Hall–Kier alpha value is -1.18. The van der Waals surface area contributed by atoms with E-state index in [1.807, 2.05) is 0 Å². The van der Waals surface area contributed by atoms with Crippen LogP contribution >= 0.6 is 0 Å². The molecule has 6 atom stereocenters. The molecule has 2 aliphatic rings. The molecule has 3 rings (SSSR count). The average molecular weight is 465 g/mol. The molecule has 2 aliphatic heterocycles. The maximum Gasteiger partial charge on any atom is 0.208 e. The molecule has 6 heteroatoms. The fourth-order valence-corrected chi connectivity index (χ4v) is 4.66. The first-order valence-electron chi connectivity index (χ1n) is 12.9. The highest BCUT2D eigenvalue weighted by Crippen LogP contribution is 2.47. The molecular weight excluding hydrogens is 420 g/mol. The van der Waals surface area contributed by atoms with E-state index in [0.717, 1.165) is 62.0 Å². The van der Waals surface area contributed by atoms with Crippen LogP contribution in [0, 0.1) is 12.8 Å². The van der Waals surface area contributed by atoms with Gasteiger partial charge in [0.25, 0.3) is 0 Å². The van der Waals surface area contributed by atoms with E-state index in [2.05, 4.69) is 45.9 Å². The van der Waals surface area contributed by atoms with Crippen molar-refractivity contribution in [3.8, 4) is 5.75 Å². The summed E-state index contributed by atoms with van der Waals surface area (Å²) in [6.45, 7) is 11.1. The number of hydrogen-bond donors (Lipinski definition) is 0. The quantitative estimate of drug-likeness (QED) is 0.334. The largest absolute Gasteiger partial charge is 0.464 e. The molecule has 0 N–H and O–H groups in total. The molecule has 0 amide bonds. The van der Waals surface area contributed by atoms with Crippen LogP contribution in [0.1, 0.15) is 76.5 Å². The van der Waals surface area contributed by atoms with Crippen molar-refractivity contribution in [2.45, 2.75) is 96.9 Å². The maximum absolute atomic E-state index is 6.55. The van der Waals surface area contributed by atoms with Crippen LogP contribution < -0.4 is 4.74 Å². The van der Waals surface area contributed by atoms with Crippen LogP contribution in [0.15, 0.2) is 18.2 Å². The summed E-state index contributed by atoms with van der Waals surface area (Å²) in [5.41, 5.74) is 2.19. The van der Waals surface area contributed by atoms with Gasteiger partial charge in [0.1, 0.15) is 18.0 Å². The minimum absolute atomic E-state index is 0.124. The van der Waals surface area contributed by atoms with Gasteiger partial charge in [0.05, 0.1) is 24.7 Å². The number of hydrogen-bond acceptors (Lipinski definition) is 6. The zero-order chi connectivity index (χ0) is 23.6. The van der Waals surface area contributed by atoms with Crippen molar-refractivity contribution in [3.63, 3.8) is 0 Å². The Morgan fingerprint density at radius 1 is 0.879 bits per heavy atom. The van der Waals surface area contributed by atoms with Crippen LogP contribution in [0.4, 0.5) is 0 Å². The van der Waals surface area contributed by atoms with Crippen LogP contribution in [0.25, 0.3) is 0 Å². The standard InChI is InChI=1S/C27H44O6/c1-6-9-14-29-18-22-25(30-15-10-7-2)26(31-16-11-8-3)23-24(28-5)20-13-12-19(4)17-21(20)32-27(23)33-22/h12-13,17,22-27H,6-11,14-16,18H2,1-5H3/t22-,23-,24+,25+,26-,27+/m1/s1. The topological polar surface area (TPSA) is 55.4 Å². The lowest BCUT2D eigenvalue weighted by molar-refractivity contribution is -0.303. The zero-order valence-corrected chi connectivity index (χ0v) is 21.2. The third-order valence-electron chi connectivity index (χ3n) is 6.56. The average Bonchev–Trinajstić information content (AvgIpc) is 2.81. The van der Waals surface area contributed by atoms with Gasteiger partial charge in [-0.05, 0) is 37.8 Å². The van der Waals surface area contributed by atoms with Crippen molar-refractivity contribution in [1.29, 1.82) is 0 Å². The number of fused-ring (bicyclic) bond motifs is 2. The summed E-state index contributed by atoms with van der Waals surface area (Å²) in [5.74, 6) is 0.701. The van der Waals surface area contributed by atoms with E-state index in [1.165, 1.54) is 0 Å². The Morgan fingerprint density at radius 2 is 1.55 bits per heavy atom. The Labute approximate surface area is 200 Å². The summed E-state index contributed by atoms with van der Waals surface area (Å²) in [5, 5.41) is 0. The van der Waals surface area contributed by atoms with Crippen LogP contribution in [0.2, 0.25) is 0 Å². The van der Waals surface area contributed by atoms with Crippen LogP contribution in [-0.4, -0.2) is 58.1 Å². The molecule has 0 unspecified atom stereocenters. The molecular formula is C27H44O6. The molecule has 2 heterocycles. The van der Waals surface area contributed by atoms with Gasteiger partial charge in [-0.15, -0.1) is 0 Å². The van der Waals surface area contributed by atoms with Crippen LogP contribution in [0.3, 0.4) is 0 Å². The monoisotopic (exact) mass is 464 g/mol. The highest BCUT2D eigenvalue weighted by atomic mass is 16.7. The molecule has 0 aromatic heterocycles. The third kappa shape index (κ3) is 6.70. The molecule has 0 bridgehead atoms. The number of ether oxygens (including phenoxy) is 6. The van der Waals surface area contributed by atoms with Crippen molar-refractivity contribution >= 4 is 0 Å². The third-order valence-corrected chi connectivity index (χ3v) is 6.56. The van der Waals surface area contributed by atoms with Gasteiger partial charge in [-0.1, -0.05) is 52.2 Å².